The van der Waals surface area contributed by atoms with Crippen LogP contribution in [0.2, 0.25) is 0 Å². The summed E-state index contributed by atoms with van der Waals surface area (Å²) in [5, 5.41) is 26.6. The van der Waals surface area contributed by atoms with Gasteiger partial charge < -0.3 is 31.9 Å². The molecule has 0 saturated carbocycles. The number of amides is 3. The van der Waals surface area contributed by atoms with Gasteiger partial charge in [-0.2, -0.15) is 0 Å². The van der Waals surface area contributed by atoms with Crippen LogP contribution in [0.15, 0.2) is 60.7 Å². The van der Waals surface area contributed by atoms with Crippen molar-refractivity contribution in [2.75, 3.05) is 6.61 Å². The van der Waals surface area contributed by atoms with Gasteiger partial charge in [-0.05, 0) is 17.0 Å². The predicted octanol–water partition coefficient (Wildman–Crippen LogP) is 0.377. The highest BCUT2D eigenvalue weighted by molar-refractivity contribution is 5.94. The fraction of sp³-hybridized carbons (Fsp3) is 0.407. The lowest BCUT2D eigenvalue weighted by Gasteiger charge is -2.26. The summed E-state index contributed by atoms with van der Waals surface area (Å²) in [5.74, 6) is -3.51. The summed E-state index contributed by atoms with van der Waals surface area (Å²) in [6, 6.07) is 13.4. The van der Waals surface area contributed by atoms with Gasteiger partial charge in [-0.15, -0.1) is 0 Å². The molecule has 0 heterocycles. The molecule has 0 fully saturated rings. The number of carbonyl (C=O) groups excluding carboxylic acids is 3. The van der Waals surface area contributed by atoms with E-state index >= 15 is 0 Å². The molecule has 10 heteroatoms. The maximum absolute atomic E-state index is 13.4. The van der Waals surface area contributed by atoms with Crippen molar-refractivity contribution in [1.82, 2.24) is 16.0 Å². The van der Waals surface area contributed by atoms with Crippen LogP contribution >= 0.6 is 0 Å². The van der Waals surface area contributed by atoms with Crippen LogP contribution in [0.1, 0.15) is 31.4 Å². The number of nitrogens with two attached hydrogens (primary N) is 1. The van der Waals surface area contributed by atoms with Crippen molar-refractivity contribution in [2.45, 2.75) is 57.3 Å². The van der Waals surface area contributed by atoms with Gasteiger partial charge in [0.1, 0.15) is 24.2 Å². The summed E-state index contributed by atoms with van der Waals surface area (Å²) in [4.78, 5) is 50.8. The maximum atomic E-state index is 13.4. The number of aliphatic hydroxyl groups is 1. The highest BCUT2D eigenvalue weighted by Crippen LogP contribution is 2.11. The highest BCUT2D eigenvalue weighted by atomic mass is 16.4. The zero-order valence-corrected chi connectivity index (χ0v) is 21.1. The van der Waals surface area contributed by atoms with Crippen molar-refractivity contribution in [1.29, 1.82) is 0 Å². The molecule has 7 N–H and O–H groups in total. The minimum absolute atomic E-state index is 0.105. The Morgan fingerprint density at radius 3 is 1.62 bits per heavy atom. The largest absolute Gasteiger partial charge is 0.480 e. The van der Waals surface area contributed by atoms with Crippen molar-refractivity contribution in [2.24, 2.45) is 11.7 Å². The van der Waals surface area contributed by atoms with Crippen LogP contribution in [-0.2, 0) is 32.0 Å². The van der Waals surface area contributed by atoms with Gasteiger partial charge in [0.25, 0.3) is 0 Å². The van der Waals surface area contributed by atoms with Crippen molar-refractivity contribution in [3.63, 3.8) is 0 Å². The van der Waals surface area contributed by atoms with Crippen molar-refractivity contribution in [3.8, 4) is 0 Å². The first-order valence-corrected chi connectivity index (χ1v) is 12.2. The third-order valence-electron chi connectivity index (χ3n) is 6.14. The van der Waals surface area contributed by atoms with Gasteiger partial charge in [0, 0.05) is 12.8 Å². The van der Waals surface area contributed by atoms with Crippen LogP contribution < -0.4 is 21.7 Å². The molecule has 0 aliphatic heterocycles. The molecule has 5 unspecified atom stereocenters. The minimum atomic E-state index is -1.22. The molecule has 37 heavy (non-hydrogen) atoms. The van der Waals surface area contributed by atoms with E-state index in [9.17, 15) is 29.4 Å². The molecule has 0 aliphatic rings. The topological polar surface area (TPSA) is 171 Å². The SMILES string of the molecule is CCC(C)C(NC(=O)C(Cc1ccccc1)NC(=O)C(Cc1ccccc1)NC(=O)C(N)CO)C(=O)O. The molecule has 0 spiro atoms. The number of benzene rings is 2. The Labute approximate surface area is 216 Å². The van der Waals surface area contributed by atoms with Crippen LogP contribution in [0.3, 0.4) is 0 Å². The van der Waals surface area contributed by atoms with E-state index in [0.717, 1.165) is 11.1 Å². The van der Waals surface area contributed by atoms with E-state index in [0.29, 0.717) is 6.42 Å². The first-order valence-electron chi connectivity index (χ1n) is 12.2. The van der Waals surface area contributed by atoms with E-state index in [-0.39, 0.29) is 18.8 Å². The Hall–Kier alpha value is -3.76. The number of hydrogen-bond acceptors (Lipinski definition) is 6. The quantitative estimate of drug-likeness (QED) is 0.212. The molecule has 0 bridgehead atoms. The Bertz CT molecular complexity index is 1030. The molecular formula is C27H36N4O6. The van der Waals surface area contributed by atoms with Gasteiger partial charge in [0.15, 0.2) is 0 Å². The molecule has 2 aromatic carbocycles. The molecular weight excluding hydrogens is 476 g/mol. The van der Waals surface area contributed by atoms with Crippen LogP contribution in [0.25, 0.3) is 0 Å². The number of aliphatic hydroxyl groups excluding tert-OH is 1. The summed E-state index contributed by atoms with van der Waals surface area (Å²) in [6.07, 6.45) is 0.748. The summed E-state index contributed by atoms with van der Waals surface area (Å²) >= 11 is 0. The predicted molar refractivity (Wildman–Crippen MR) is 138 cm³/mol. The normalized spacial score (nSPS) is 14.9. The Kier molecular flexibility index (Phi) is 11.7. The van der Waals surface area contributed by atoms with Crippen LogP contribution in [0.4, 0.5) is 0 Å². The summed E-state index contributed by atoms with van der Waals surface area (Å²) < 4.78 is 0. The first-order chi connectivity index (χ1) is 17.7. The van der Waals surface area contributed by atoms with Gasteiger partial charge in [-0.1, -0.05) is 80.9 Å². The van der Waals surface area contributed by atoms with Gasteiger partial charge in [-0.25, -0.2) is 4.79 Å². The lowest BCUT2D eigenvalue weighted by Crippen LogP contribution is -2.59. The standard InChI is InChI=1S/C27H36N4O6/c1-3-17(2)23(27(36)37)31-26(35)22(15-19-12-8-5-9-13-19)30-25(34)21(29-24(33)20(28)16-32)14-18-10-6-4-7-11-18/h4-13,17,20-23,32H,3,14-16,28H2,1-2H3,(H,29,33)(H,30,34)(H,31,35)(H,36,37). The van der Waals surface area contributed by atoms with Gasteiger partial charge in [-0.3, -0.25) is 14.4 Å². The van der Waals surface area contributed by atoms with E-state index in [4.69, 9.17) is 5.73 Å². The zero-order valence-electron chi connectivity index (χ0n) is 21.1. The lowest BCUT2D eigenvalue weighted by atomic mass is 9.97. The summed E-state index contributed by atoms with van der Waals surface area (Å²) in [5.41, 5.74) is 7.13. The third kappa shape index (κ3) is 9.32. The van der Waals surface area contributed by atoms with Crippen LogP contribution in [0, 0.1) is 5.92 Å². The minimum Gasteiger partial charge on any atom is -0.480 e. The molecule has 200 valence electrons. The molecule has 0 aromatic heterocycles. The van der Waals surface area contributed by atoms with E-state index in [1.165, 1.54) is 0 Å². The molecule has 2 aromatic rings. The molecule has 0 saturated heterocycles. The second-order valence-electron chi connectivity index (χ2n) is 9.00. The maximum Gasteiger partial charge on any atom is 0.326 e. The van der Waals surface area contributed by atoms with E-state index < -0.39 is 54.5 Å². The molecule has 3 amide bonds. The number of nitrogens with one attached hydrogen (secondary N) is 3. The molecule has 10 nitrogen and oxygen atoms in total. The number of carbonyl (C=O) groups is 4. The van der Waals surface area contributed by atoms with Crippen LogP contribution in [-0.4, -0.2) is 64.7 Å². The number of hydrogen-bond donors (Lipinski definition) is 6. The van der Waals surface area contributed by atoms with Gasteiger partial charge in [0.05, 0.1) is 6.61 Å². The Balaban J connectivity index is 2.30. The van der Waals surface area contributed by atoms with E-state index in [1.807, 2.05) is 19.1 Å². The average molecular weight is 513 g/mol. The summed E-state index contributed by atoms with van der Waals surface area (Å²) in [6.45, 7) is 2.94. The molecule has 0 radical (unpaired) electrons. The van der Waals surface area contributed by atoms with Crippen molar-refractivity contribution < 1.29 is 29.4 Å². The fourth-order valence-electron chi connectivity index (χ4n) is 3.69. The molecule has 2 rings (SSSR count). The average Bonchev–Trinajstić information content (AvgIpc) is 2.90. The zero-order chi connectivity index (χ0) is 27.4. The monoisotopic (exact) mass is 512 g/mol. The van der Waals surface area contributed by atoms with E-state index in [1.54, 1.807) is 55.5 Å². The van der Waals surface area contributed by atoms with Crippen molar-refractivity contribution >= 4 is 23.7 Å². The first kappa shape index (κ1) is 29.5. The Morgan fingerprint density at radius 2 is 1.22 bits per heavy atom. The third-order valence-corrected chi connectivity index (χ3v) is 6.14. The fourth-order valence-corrected chi connectivity index (χ4v) is 3.69. The Morgan fingerprint density at radius 1 is 0.784 bits per heavy atom. The molecule has 0 aliphatic carbocycles. The van der Waals surface area contributed by atoms with Crippen molar-refractivity contribution in [3.05, 3.63) is 71.8 Å². The van der Waals surface area contributed by atoms with E-state index in [2.05, 4.69) is 16.0 Å². The number of rotatable bonds is 14. The number of carboxylic acid groups (broad SMARTS) is 1. The van der Waals surface area contributed by atoms with Gasteiger partial charge in [0.2, 0.25) is 17.7 Å². The summed E-state index contributed by atoms with van der Waals surface area (Å²) in [7, 11) is 0. The number of aliphatic carboxylic acids is 1. The highest BCUT2D eigenvalue weighted by Gasteiger charge is 2.32. The molecule has 5 atom stereocenters. The van der Waals surface area contributed by atoms with Gasteiger partial charge >= 0.3 is 5.97 Å². The van der Waals surface area contributed by atoms with Crippen LogP contribution in [0.5, 0.6) is 0 Å². The lowest BCUT2D eigenvalue weighted by molar-refractivity contribution is -0.143. The smallest absolute Gasteiger partial charge is 0.326 e. The second kappa shape index (κ2) is 14.7. The second-order valence-corrected chi connectivity index (χ2v) is 9.00. The number of carboxylic acids is 1.